The van der Waals surface area contributed by atoms with Crippen LogP contribution in [0, 0.1) is 10.8 Å². The lowest BCUT2D eigenvalue weighted by molar-refractivity contribution is -0.149. The number of amides is 1. The first-order chi connectivity index (χ1) is 8.65. The smallest absolute Gasteiger partial charge is 0.309 e. The molecular formula is C14H26N2O3. The Morgan fingerprint density at radius 2 is 1.84 bits per heavy atom. The number of nitrogens with one attached hydrogen (secondary N) is 1. The van der Waals surface area contributed by atoms with Crippen molar-refractivity contribution in [3.05, 3.63) is 0 Å². The number of rotatable bonds is 5. The average Bonchev–Trinajstić information content (AvgIpc) is 2.30. The second-order valence-corrected chi connectivity index (χ2v) is 6.76. The summed E-state index contributed by atoms with van der Waals surface area (Å²) in [7, 11) is 2.10. The van der Waals surface area contributed by atoms with E-state index in [0.717, 1.165) is 25.9 Å². The molecule has 0 spiro atoms. The van der Waals surface area contributed by atoms with Crippen molar-refractivity contribution in [3.8, 4) is 0 Å². The largest absolute Gasteiger partial charge is 0.481 e. The number of likely N-dealkylation sites (tertiary alicyclic amines) is 1. The van der Waals surface area contributed by atoms with Crippen molar-refractivity contribution in [1.29, 1.82) is 0 Å². The van der Waals surface area contributed by atoms with Crippen molar-refractivity contribution in [1.82, 2.24) is 10.2 Å². The van der Waals surface area contributed by atoms with Crippen LogP contribution < -0.4 is 5.32 Å². The van der Waals surface area contributed by atoms with Crippen LogP contribution in [-0.2, 0) is 9.59 Å². The predicted octanol–water partition coefficient (Wildman–Crippen LogP) is 1.34. The highest BCUT2D eigenvalue weighted by Gasteiger charge is 2.32. The van der Waals surface area contributed by atoms with Crippen LogP contribution in [0.5, 0.6) is 0 Å². The molecule has 0 aromatic carbocycles. The zero-order valence-electron chi connectivity index (χ0n) is 12.5. The van der Waals surface area contributed by atoms with Crippen LogP contribution in [0.3, 0.4) is 0 Å². The third-order valence-electron chi connectivity index (χ3n) is 4.09. The number of hydrogen-bond donors (Lipinski definition) is 2. The molecule has 0 aromatic rings. The molecule has 1 aliphatic heterocycles. The third-order valence-corrected chi connectivity index (χ3v) is 4.09. The maximum Gasteiger partial charge on any atom is 0.309 e. The Morgan fingerprint density at radius 3 is 2.32 bits per heavy atom. The molecule has 0 atom stereocenters. The molecule has 0 aromatic heterocycles. The fourth-order valence-corrected chi connectivity index (χ4v) is 2.19. The first-order valence-electron chi connectivity index (χ1n) is 6.83. The van der Waals surface area contributed by atoms with Crippen LogP contribution in [0.2, 0.25) is 0 Å². The molecule has 2 N–H and O–H groups in total. The summed E-state index contributed by atoms with van der Waals surface area (Å²) in [6, 6.07) is 0. The highest BCUT2D eigenvalue weighted by atomic mass is 16.4. The molecule has 0 aliphatic carbocycles. The van der Waals surface area contributed by atoms with Crippen LogP contribution in [0.15, 0.2) is 0 Å². The molecule has 0 unspecified atom stereocenters. The van der Waals surface area contributed by atoms with E-state index in [4.69, 9.17) is 5.11 Å². The molecule has 1 saturated heterocycles. The Balaban J connectivity index is 2.40. The summed E-state index contributed by atoms with van der Waals surface area (Å²) in [5.74, 6) is -1.11. The van der Waals surface area contributed by atoms with Gasteiger partial charge in [-0.1, -0.05) is 6.92 Å². The highest BCUT2D eigenvalue weighted by Crippen LogP contribution is 2.29. The zero-order chi connectivity index (χ0) is 14.7. The number of aliphatic carboxylic acids is 1. The van der Waals surface area contributed by atoms with E-state index in [1.54, 1.807) is 13.8 Å². The van der Waals surface area contributed by atoms with E-state index in [9.17, 15) is 9.59 Å². The summed E-state index contributed by atoms with van der Waals surface area (Å²) >= 11 is 0. The number of piperidine rings is 1. The number of nitrogens with zero attached hydrogens (tertiary/aromatic N) is 1. The number of carbonyl (C=O) groups is 2. The summed E-state index contributed by atoms with van der Waals surface area (Å²) in [5.41, 5.74) is -0.868. The fraction of sp³-hybridized carbons (Fsp3) is 0.857. The maximum absolute atomic E-state index is 11.8. The molecular weight excluding hydrogens is 244 g/mol. The Bertz CT molecular complexity index is 345. The van der Waals surface area contributed by atoms with Crippen molar-refractivity contribution in [3.63, 3.8) is 0 Å². The Hall–Kier alpha value is -1.10. The van der Waals surface area contributed by atoms with E-state index in [1.807, 2.05) is 0 Å². The van der Waals surface area contributed by atoms with Gasteiger partial charge in [-0.3, -0.25) is 9.59 Å². The van der Waals surface area contributed by atoms with Gasteiger partial charge in [-0.2, -0.15) is 0 Å². The standard InChI is InChI=1S/C14H26N2O3/c1-13(2,12(18)19)9-11(17)15-10-14(3)5-7-16(4)8-6-14/h5-10H2,1-4H3,(H,15,17)(H,18,19). The van der Waals surface area contributed by atoms with E-state index in [1.165, 1.54) is 0 Å². The summed E-state index contributed by atoms with van der Waals surface area (Å²) in [6.45, 7) is 8.07. The first kappa shape index (κ1) is 16.0. The molecule has 110 valence electrons. The van der Waals surface area contributed by atoms with Gasteiger partial charge in [0, 0.05) is 13.0 Å². The lowest BCUT2D eigenvalue weighted by Gasteiger charge is -2.38. The molecule has 1 rings (SSSR count). The summed E-state index contributed by atoms with van der Waals surface area (Å²) in [4.78, 5) is 25.1. The van der Waals surface area contributed by atoms with Crippen LogP contribution in [0.1, 0.15) is 40.0 Å². The second-order valence-electron chi connectivity index (χ2n) is 6.76. The highest BCUT2D eigenvalue weighted by molar-refractivity contribution is 5.84. The topological polar surface area (TPSA) is 69.6 Å². The average molecular weight is 270 g/mol. The second kappa shape index (κ2) is 5.90. The van der Waals surface area contributed by atoms with Gasteiger partial charge in [-0.25, -0.2) is 0 Å². The van der Waals surface area contributed by atoms with Crippen molar-refractivity contribution in [2.75, 3.05) is 26.7 Å². The van der Waals surface area contributed by atoms with Gasteiger partial charge >= 0.3 is 5.97 Å². The molecule has 5 heteroatoms. The summed E-state index contributed by atoms with van der Waals surface area (Å²) in [5, 5.41) is 11.9. The molecule has 0 bridgehead atoms. The van der Waals surface area contributed by atoms with Crippen LogP contribution in [-0.4, -0.2) is 48.6 Å². The number of carboxylic acids is 1. The van der Waals surface area contributed by atoms with E-state index < -0.39 is 11.4 Å². The Labute approximate surface area is 115 Å². The molecule has 5 nitrogen and oxygen atoms in total. The Morgan fingerprint density at radius 1 is 1.32 bits per heavy atom. The van der Waals surface area contributed by atoms with E-state index in [0.29, 0.717) is 6.54 Å². The molecule has 1 fully saturated rings. The summed E-state index contributed by atoms with van der Waals surface area (Å²) < 4.78 is 0. The van der Waals surface area contributed by atoms with Gasteiger partial charge in [0.1, 0.15) is 0 Å². The minimum atomic E-state index is -1.00. The molecule has 0 radical (unpaired) electrons. The third kappa shape index (κ3) is 4.82. The first-order valence-corrected chi connectivity index (χ1v) is 6.83. The van der Waals surface area contributed by atoms with Crippen molar-refractivity contribution in [2.45, 2.75) is 40.0 Å². The number of hydrogen-bond acceptors (Lipinski definition) is 3. The number of carboxylic acid groups (broad SMARTS) is 1. The molecule has 1 amide bonds. The van der Waals surface area contributed by atoms with Gasteiger partial charge in [-0.05, 0) is 52.2 Å². The van der Waals surface area contributed by atoms with Crippen LogP contribution >= 0.6 is 0 Å². The van der Waals surface area contributed by atoms with Crippen molar-refractivity contribution >= 4 is 11.9 Å². The molecule has 1 heterocycles. The minimum Gasteiger partial charge on any atom is -0.481 e. The summed E-state index contributed by atoms with van der Waals surface area (Å²) in [6.07, 6.45) is 2.15. The normalized spacial score (nSPS) is 20.0. The van der Waals surface area contributed by atoms with Gasteiger partial charge < -0.3 is 15.3 Å². The zero-order valence-corrected chi connectivity index (χ0v) is 12.5. The molecule has 1 aliphatic rings. The van der Waals surface area contributed by atoms with Gasteiger partial charge in [0.15, 0.2) is 0 Å². The van der Waals surface area contributed by atoms with Gasteiger partial charge in [0.25, 0.3) is 0 Å². The molecule has 19 heavy (non-hydrogen) atoms. The maximum atomic E-state index is 11.8. The van der Waals surface area contributed by atoms with Gasteiger partial charge in [0.05, 0.1) is 5.41 Å². The van der Waals surface area contributed by atoms with Crippen molar-refractivity contribution < 1.29 is 14.7 Å². The van der Waals surface area contributed by atoms with Gasteiger partial charge in [0.2, 0.25) is 5.91 Å². The van der Waals surface area contributed by atoms with Crippen LogP contribution in [0.25, 0.3) is 0 Å². The molecule has 0 saturated carbocycles. The Kier molecular flexibility index (Phi) is 4.96. The fourth-order valence-electron chi connectivity index (χ4n) is 2.19. The lowest BCUT2D eigenvalue weighted by atomic mass is 9.80. The monoisotopic (exact) mass is 270 g/mol. The van der Waals surface area contributed by atoms with E-state index in [2.05, 4.69) is 24.2 Å². The predicted molar refractivity (Wildman–Crippen MR) is 73.9 cm³/mol. The van der Waals surface area contributed by atoms with Gasteiger partial charge in [-0.15, -0.1) is 0 Å². The van der Waals surface area contributed by atoms with E-state index >= 15 is 0 Å². The quantitative estimate of drug-likeness (QED) is 0.791. The van der Waals surface area contributed by atoms with E-state index in [-0.39, 0.29) is 17.7 Å². The SMILES string of the molecule is CN1CCC(C)(CNC(=O)CC(C)(C)C(=O)O)CC1. The minimum absolute atomic E-state index is 0.0261. The van der Waals surface area contributed by atoms with Crippen molar-refractivity contribution in [2.24, 2.45) is 10.8 Å². The number of carbonyl (C=O) groups excluding carboxylic acids is 1. The lowest BCUT2D eigenvalue weighted by Crippen LogP contribution is -2.44. The van der Waals surface area contributed by atoms with Crippen LogP contribution in [0.4, 0.5) is 0 Å².